The first-order chi connectivity index (χ1) is 6.48. The van der Waals surface area contributed by atoms with Gasteiger partial charge in [0, 0.05) is 5.41 Å². The Morgan fingerprint density at radius 2 is 2.00 bits per heavy atom. The largest absolute Gasteiger partial charge is 0.490 e. The Bertz CT molecular complexity index is 470. The van der Waals surface area contributed by atoms with E-state index in [2.05, 4.69) is 15.0 Å². The molecule has 0 bridgehead atoms. The van der Waals surface area contributed by atoms with Gasteiger partial charge < -0.3 is 9.52 Å². The Labute approximate surface area is 80.8 Å². The van der Waals surface area contributed by atoms with Crippen LogP contribution < -0.4 is 0 Å². The lowest BCUT2D eigenvalue weighted by molar-refractivity contribution is 0.394. The highest BCUT2D eigenvalue weighted by molar-refractivity contribution is 5.72. The Morgan fingerprint density at radius 1 is 1.29 bits per heavy atom. The van der Waals surface area contributed by atoms with Crippen LogP contribution >= 0.6 is 0 Å². The molecule has 0 radical (unpaired) electrons. The molecule has 1 N–H and O–H groups in total. The maximum Gasteiger partial charge on any atom is 0.260 e. The zero-order chi connectivity index (χ0) is 10.3. The van der Waals surface area contributed by atoms with Gasteiger partial charge in [-0.3, -0.25) is 0 Å². The normalized spacial score (nSPS) is 12.2. The van der Waals surface area contributed by atoms with Crippen molar-refractivity contribution < 1.29 is 9.52 Å². The topological polar surface area (TPSA) is 72.0 Å². The zero-order valence-corrected chi connectivity index (χ0v) is 8.27. The third-order valence-electron chi connectivity index (χ3n) is 1.81. The van der Waals surface area contributed by atoms with Crippen molar-refractivity contribution in [3.63, 3.8) is 0 Å². The maximum absolute atomic E-state index is 9.37. The van der Waals surface area contributed by atoms with E-state index in [1.165, 1.54) is 6.33 Å². The molecule has 0 saturated heterocycles. The number of rotatable bonds is 0. The van der Waals surface area contributed by atoms with E-state index < -0.39 is 0 Å². The van der Waals surface area contributed by atoms with Crippen molar-refractivity contribution in [3.8, 4) is 5.88 Å². The van der Waals surface area contributed by atoms with Crippen molar-refractivity contribution in [3.05, 3.63) is 12.2 Å². The molecule has 5 heteroatoms. The van der Waals surface area contributed by atoms with Crippen LogP contribution in [0, 0.1) is 0 Å². The number of hydrogen-bond donors (Lipinski definition) is 1. The van der Waals surface area contributed by atoms with Crippen LogP contribution in [0.4, 0.5) is 0 Å². The number of fused-ring (bicyclic) bond motifs is 1. The summed E-state index contributed by atoms with van der Waals surface area (Å²) in [6.45, 7) is 5.92. The molecular formula is C9H11N3O2. The van der Waals surface area contributed by atoms with E-state index in [1.807, 2.05) is 20.8 Å². The van der Waals surface area contributed by atoms with Crippen molar-refractivity contribution >= 4 is 11.2 Å². The molecule has 2 aromatic heterocycles. The summed E-state index contributed by atoms with van der Waals surface area (Å²) in [5.74, 6) is 0.376. The van der Waals surface area contributed by atoms with Crippen LogP contribution in [0.2, 0.25) is 0 Å². The third-order valence-corrected chi connectivity index (χ3v) is 1.81. The number of aromatic nitrogens is 3. The first-order valence-electron chi connectivity index (χ1n) is 4.29. The van der Waals surface area contributed by atoms with E-state index in [1.54, 1.807) is 0 Å². The molecule has 0 aliphatic heterocycles. The molecule has 0 atom stereocenters. The summed E-state index contributed by atoms with van der Waals surface area (Å²) in [5, 5.41) is 9.37. The van der Waals surface area contributed by atoms with Crippen molar-refractivity contribution in [2.24, 2.45) is 0 Å². The minimum atomic E-state index is -0.201. The standard InChI is InChI=1S/C9H11N3O2/c1-9(2,3)8-12-6-5(14-8)7(13)11-4-10-6/h4H,1-3H3,(H,10,11,13). The van der Waals surface area contributed by atoms with Gasteiger partial charge >= 0.3 is 0 Å². The Hall–Kier alpha value is -1.65. The molecule has 2 rings (SSSR count). The molecule has 2 aromatic rings. The molecule has 0 aliphatic rings. The van der Waals surface area contributed by atoms with Gasteiger partial charge in [-0.25, -0.2) is 4.98 Å². The van der Waals surface area contributed by atoms with E-state index in [0.717, 1.165) is 0 Å². The summed E-state index contributed by atoms with van der Waals surface area (Å²) in [6, 6.07) is 0. The molecule has 0 spiro atoms. The van der Waals surface area contributed by atoms with Crippen LogP contribution in [-0.4, -0.2) is 20.1 Å². The molecule has 0 saturated carbocycles. The molecule has 0 amide bonds. The van der Waals surface area contributed by atoms with Gasteiger partial charge in [-0.2, -0.15) is 9.97 Å². The molecule has 0 aliphatic carbocycles. The molecule has 14 heavy (non-hydrogen) atoms. The summed E-state index contributed by atoms with van der Waals surface area (Å²) < 4.78 is 5.38. The summed E-state index contributed by atoms with van der Waals surface area (Å²) in [7, 11) is 0. The van der Waals surface area contributed by atoms with Gasteiger partial charge in [0.15, 0.2) is 0 Å². The maximum atomic E-state index is 9.37. The molecule has 74 valence electrons. The van der Waals surface area contributed by atoms with Crippen LogP contribution in [0.15, 0.2) is 10.7 Å². The molecule has 5 nitrogen and oxygen atoms in total. The third kappa shape index (κ3) is 1.30. The fourth-order valence-electron chi connectivity index (χ4n) is 1.06. The minimum Gasteiger partial charge on any atom is -0.490 e. The highest BCUT2D eigenvalue weighted by Crippen LogP contribution is 2.27. The Kier molecular flexibility index (Phi) is 1.70. The van der Waals surface area contributed by atoms with Gasteiger partial charge in [0.1, 0.15) is 6.33 Å². The van der Waals surface area contributed by atoms with Crippen molar-refractivity contribution in [1.29, 1.82) is 0 Å². The van der Waals surface area contributed by atoms with E-state index >= 15 is 0 Å². The van der Waals surface area contributed by atoms with E-state index in [9.17, 15) is 5.11 Å². The van der Waals surface area contributed by atoms with Crippen molar-refractivity contribution in [1.82, 2.24) is 15.0 Å². The van der Waals surface area contributed by atoms with Crippen LogP contribution in [0.3, 0.4) is 0 Å². The van der Waals surface area contributed by atoms with Gasteiger partial charge in [0.2, 0.25) is 17.1 Å². The Balaban J connectivity index is 2.69. The van der Waals surface area contributed by atoms with Crippen molar-refractivity contribution in [2.45, 2.75) is 26.2 Å². The van der Waals surface area contributed by atoms with Gasteiger partial charge in [0.05, 0.1) is 0 Å². The quantitative estimate of drug-likeness (QED) is 0.688. The second kappa shape index (κ2) is 2.67. The van der Waals surface area contributed by atoms with Gasteiger partial charge in [-0.1, -0.05) is 20.8 Å². The van der Waals surface area contributed by atoms with Gasteiger partial charge in [-0.15, -0.1) is 0 Å². The molecule has 0 unspecified atom stereocenters. The first kappa shape index (κ1) is 8.93. The average molecular weight is 193 g/mol. The fourth-order valence-corrected chi connectivity index (χ4v) is 1.06. The van der Waals surface area contributed by atoms with Crippen LogP contribution in [-0.2, 0) is 5.41 Å². The van der Waals surface area contributed by atoms with E-state index in [-0.39, 0.29) is 16.9 Å². The highest BCUT2D eigenvalue weighted by atomic mass is 16.4. The summed E-state index contributed by atoms with van der Waals surface area (Å²) in [5.41, 5.74) is 0.438. The minimum absolute atomic E-state index is 0.169. The van der Waals surface area contributed by atoms with Gasteiger partial charge in [-0.05, 0) is 0 Å². The molecule has 2 heterocycles. The van der Waals surface area contributed by atoms with Crippen LogP contribution in [0.1, 0.15) is 26.7 Å². The average Bonchev–Trinajstić information content (AvgIpc) is 2.48. The van der Waals surface area contributed by atoms with Crippen LogP contribution in [0.25, 0.3) is 11.2 Å². The predicted octanol–water partition coefficient (Wildman–Crippen LogP) is 1.62. The summed E-state index contributed by atoms with van der Waals surface area (Å²) >= 11 is 0. The molecule has 0 aromatic carbocycles. The van der Waals surface area contributed by atoms with Crippen LogP contribution in [0.5, 0.6) is 5.88 Å². The van der Waals surface area contributed by atoms with Crippen molar-refractivity contribution in [2.75, 3.05) is 0 Å². The number of oxazole rings is 1. The zero-order valence-electron chi connectivity index (χ0n) is 8.27. The molecule has 0 fully saturated rings. The van der Waals surface area contributed by atoms with Gasteiger partial charge in [0.25, 0.3) is 5.88 Å². The Morgan fingerprint density at radius 3 is 2.57 bits per heavy atom. The number of nitrogens with zero attached hydrogens (tertiary/aromatic N) is 3. The predicted molar refractivity (Wildman–Crippen MR) is 50.0 cm³/mol. The lowest BCUT2D eigenvalue weighted by atomic mass is 9.97. The second-order valence-electron chi connectivity index (χ2n) is 4.12. The monoisotopic (exact) mass is 193 g/mol. The lowest BCUT2D eigenvalue weighted by Crippen LogP contribution is -2.11. The smallest absolute Gasteiger partial charge is 0.260 e. The highest BCUT2D eigenvalue weighted by Gasteiger charge is 2.22. The number of aromatic hydroxyl groups is 1. The summed E-state index contributed by atoms with van der Waals surface area (Å²) in [4.78, 5) is 11.7. The fraction of sp³-hybridized carbons (Fsp3) is 0.444. The second-order valence-corrected chi connectivity index (χ2v) is 4.12. The SMILES string of the molecule is CC(C)(C)c1nc2ncnc(O)c2o1. The van der Waals surface area contributed by atoms with E-state index in [0.29, 0.717) is 11.5 Å². The number of hydrogen-bond acceptors (Lipinski definition) is 5. The molecular weight excluding hydrogens is 182 g/mol. The lowest BCUT2D eigenvalue weighted by Gasteiger charge is -2.11. The first-order valence-corrected chi connectivity index (χ1v) is 4.29. The van der Waals surface area contributed by atoms with E-state index in [4.69, 9.17) is 4.42 Å². The summed E-state index contributed by atoms with van der Waals surface area (Å²) in [6.07, 6.45) is 1.26.